The number of aryl methyl sites for hydroxylation is 2. The molecule has 31 heavy (non-hydrogen) atoms. The van der Waals surface area contributed by atoms with Gasteiger partial charge in [0, 0.05) is 39.2 Å². The molecule has 0 spiro atoms. The van der Waals surface area contributed by atoms with Crippen LogP contribution in [0, 0.1) is 12.8 Å². The molecule has 164 valence electrons. The third kappa shape index (κ3) is 4.71. The van der Waals surface area contributed by atoms with Gasteiger partial charge in [-0.2, -0.15) is 5.10 Å². The number of ether oxygens (including phenoxy) is 1. The highest BCUT2D eigenvalue weighted by molar-refractivity contribution is 6.02. The van der Waals surface area contributed by atoms with Gasteiger partial charge >= 0.3 is 0 Å². The normalized spacial score (nSPS) is 18.2. The molecular formula is C24H30N4O3. The van der Waals surface area contributed by atoms with Crippen LogP contribution >= 0.6 is 0 Å². The number of aromatic nitrogens is 1. The quantitative estimate of drug-likeness (QED) is 0.657. The maximum Gasteiger partial charge on any atom is 0.262 e. The molecule has 2 heterocycles. The maximum atomic E-state index is 13.4. The average Bonchev–Trinajstić information content (AvgIpc) is 3.38. The molecule has 1 aliphatic heterocycles. The largest absolute Gasteiger partial charge is 0.383 e. The van der Waals surface area contributed by atoms with E-state index in [1.807, 2.05) is 36.9 Å². The lowest BCUT2D eigenvalue weighted by Gasteiger charge is -2.27. The first-order chi connectivity index (χ1) is 15.0. The van der Waals surface area contributed by atoms with Gasteiger partial charge in [-0.15, -0.1) is 0 Å². The van der Waals surface area contributed by atoms with Crippen LogP contribution in [0.3, 0.4) is 0 Å². The molecule has 1 unspecified atom stereocenters. The number of nitrogens with zero attached hydrogens (tertiary/aromatic N) is 4. The van der Waals surface area contributed by atoms with Crippen LogP contribution in [0.2, 0.25) is 0 Å². The van der Waals surface area contributed by atoms with Crippen LogP contribution in [0.1, 0.15) is 42.1 Å². The summed E-state index contributed by atoms with van der Waals surface area (Å²) in [6.07, 6.45) is 4.43. The Morgan fingerprint density at radius 1 is 1.19 bits per heavy atom. The van der Waals surface area contributed by atoms with Crippen molar-refractivity contribution in [2.75, 3.05) is 26.8 Å². The summed E-state index contributed by atoms with van der Waals surface area (Å²) in [5.74, 6) is -0.0680. The topological polar surface area (TPSA) is 67.1 Å². The SMILES string of the molecule is COCCN(CC(=O)N1N=C(c2cccn2C)CC1c1ccc(C)cc1)C(=O)C1CC1. The average molecular weight is 423 g/mol. The molecule has 1 aromatic carbocycles. The predicted molar refractivity (Wildman–Crippen MR) is 119 cm³/mol. The molecule has 1 fully saturated rings. The van der Waals surface area contributed by atoms with Crippen molar-refractivity contribution in [2.24, 2.45) is 18.1 Å². The number of hydrogen-bond donors (Lipinski definition) is 0. The van der Waals surface area contributed by atoms with Gasteiger partial charge in [-0.25, -0.2) is 5.01 Å². The molecule has 2 aliphatic rings. The number of amides is 2. The summed E-state index contributed by atoms with van der Waals surface area (Å²) < 4.78 is 7.18. The highest BCUT2D eigenvalue weighted by Gasteiger charge is 2.37. The maximum absolute atomic E-state index is 13.4. The van der Waals surface area contributed by atoms with E-state index in [1.165, 1.54) is 5.56 Å². The molecule has 4 rings (SSSR count). The minimum atomic E-state index is -0.182. The van der Waals surface area contributed by atoms with Crippen molar-refractivity contribution >= 4 is 17.5 Å². The van der Waals surface area contributed by atoms with Crippen molar-refractivity contribution in [1.82, 2.24) is 14.5 Å². The van der Waals surface area contributed by atoms with Crippen LogP contribution in [0.15, 0.2) is 47.7 Å². The molecular weight excluding hydrogens is 392 g/mol. The van der Waals surface area contributed by atoms with Gasteiger partial charge in [-0.1, -0.05) is 29.8 Å². The summed E-state index contributed by atoms with van der Waals surface area (Å²) in [6, 6.07) is 12.0. The van der Waals surface area contributed by atoms with Gasteiger partial charge in [0.25, 0.3) is 5.91 Å². The highest BCUT2D eigenvalue weighted by Crippen LogP contribution is 2.34. The van der Waals surface area contributed by atoms with Gasteiger partial charge in [-0.05, 0) is 37.5 Å². The van der Waals surface area contributed by atoms with E-state index >= 15 is 0 Å². The van der Waals surface area contributed by atoms with Crippen LogP contribution in [-0.2, 0) is 21.4 Å². The summed E-state index contributed by atoms with van der Waals surface area (Å²) in [5.41, 5.74) is 4.09. The van der Waals surface area contributed by atoms with Gasteiger partial charge < -0.3 is 14.2 Å². The van der Waals surface area contributed by atoms with Crippen LogP contribution < -0.4 is 0 Å². The van der Waals surface area contributed by atoms with Crippen molar-refractivity contribution in [3.8, 4) is 0 Å². The van der Waals surface area contributed by atoms with Crippen LogP contribution in [0.25, 0.3) is 0 Å². The van der Waals surface area contributed by atoms with Gasteiger partial charge in [0.15, 0.2) is 0 Å². The molecule has 0 N–H and O–H groups in total. The number of hydrogen-bond acceptors (Lipinski definition) is 4. The molecule has 0 radical (unpaired) electrons. The molecule has 2 amide bonds. The minimum absolute atomic E-state index is 0.0188. The van der Waals surface area contributed by atoms with E-state index in [-0.39, 0.29) is 30.3 Å². The Morgan fingerprint density at radius 3 is 2.55 bits per heavy atom. The zero-order chi connectivity index (χ0) is 22.0. The summed E-state index contributed by atoms with van der Waals surface area (Å²) in [6.45, 7) is 2.88. The van der Waals surface area contributed by atoms with Gasteiger partial charge in [0.1, 0.15) is 6.54 Å². The van der Waals surface area contributed by atoms with Gasteiger partial charge in [0.2, 0.25) is 5.91 Å². The molecule has 1 saturated carbocycles. The van der Waals surface area contributed by atoms with E-state index in [9.17, 15) is 9.59 Å². The Kier molecular flexibility index (Phi) is 6.23. The fraction of sp³-hybridized carbons (Fsp3) is 0.458. The smallest absolute Gasteiger partial charge is 0.262 e. The molecule has 7 nitrogen and oxygen atoms in total. The number of rotatable bonds is 8. The second-order valence-corrected chi connectivity index (χ2v) is 8.45. The molecule has 1 aliphatic carbocycles. The number of carbonyl (C=O) groups excluding carboxylic acids is 2. The summed E-state index contributed by atoms with van der Waals surface area (Å²) in [4.78, 5) is 27.7. The third-order valence-corrected chi connectivity index (χ3v) is 6.00. The molecule has 1 aromatic heterocycles. The van der Waals surface area contributed by atoms with Crippen LogP contribution in [0.5, 0.6) is 0 Å². The Bertz CT molecular complexity index is 975. The number of carbonyl (C=O) groups is 2. The van der Waals surface area contributed by atoms with Crippen molar-refractivity contribution in [1.29, 1.82) is 0 Å². The van der Waals surface area contributed by atoms with Crippen LogP contribution in [-0.4, -0.2) is 58.8 Å². The first-order valence-electron chi connectivity index (χ1n) is 10.8. The number of hydrazone groups is 1. The number of benzene rings is 1. The van der Waals surface area contributed by atoms with E-state index in [0.717, 1.165) is 29.8 Å². The zero-order valence-electron chi connectivity index (χ0n) is 18.5. The second-order valence-electron chi connectivity index (χ2n) is 8.45. The Balaban J connectivity index is 1.59. The Hall–Kier alpha value is -2.93. The van der Waals surface area contributed by atoms with E-state index in [0.29, 0.717) is 19.6 Å². The van der Waals surface area contributed by atoms with Crippen molar-refractivity contribution < 1.29 is 14.3 Å². The minimum Gasteiger partial charge on any atom is -0.383 e. The summed E-state index contributed by atoms with van der Waals surface area (Å²) in [5, 5.41) is 6.31. The molecule has 0 saturated heterocycles. The molecule has 0 bridgehead atoms. The molecule has 7 heteroatoms. The Labute approximate surface area is 183 Å². The van der Waals surface area contributed by atoms with Crippen LogP contribution in [0.4, 0.5) is 0 Å². The fourth-order valence-corrected chi connectivity index (χ4v) is 4.00. The lowest BCUT2D eigenvalue weighted by molar-refractivity contribution is -0.142. The van der Waals surface area contributed by atoms with Gasteiger partial charge in [-0.3, -0.25) is 9.59 Å². The lowest BCUT2D eigenvalue weighted by Crippen LogP contribution is -2.43. The standard InChI is InChI=1S/C24H30N4O3/c1-17-6-8-18(9-7-17)22-15-20(21-5-4-12-26(21)2)25-28(22)23(29)16-27(13-14-31-3)24(30)19-10-11-19/h4-9,12,19,22H,10-11,13-16H2,1-3H3. The first-order valence-corrected chi connectivity index (χ1v) is 10.8. The van der Waals surface area contributed by atoms with Crippen molar-refractivity contribution in [3.63, 3.8) is 0 Å². The summed E-state index contributed by atoms with van der Waals surface area (Å²) in [7, 11) is 3.58. The third-order valence-electron chi connectivity index (χ3n) is 6.00. The van der Waals surface area contributed by atoms with Crippen molar-refractivity contribution in [2.45, 2.75) is 32.2 Å². The van der Waals surface area contributed by atoms with Crippen molar-refractivity contribution in [3.05, 3.63) is 59.4 Å². The van der Waals surface area contributed by atoms with E-state index in [1.54, 1.807) is 17.0 Å². The lowest BCUT2D eigenvalue weighted by atomic mass is 9.99. The highest BCUT2D eigenvalue weighted by atomic mass is 16.5. The fourth-order valence-electron chi connectivity index (χ4n) is 4.00. The zero-order valence-corrected chi connectivity index (χ0v) is 18.5. The Morgan fingerprint density at radius 2 is 1.94 bits per heavy atom. The van der Waals surface area contributed by atoms with Gasteiger partial charge in [0.05, 0.1) is 24.1 Å². The molecule has 2 aromatic rings. The predicted octanol–water partition coefficient (Wildman–Crippen LogP) is 2.90. The second kappa shape index (κ2) is 9.06. The molecule has 1 atom stereocenters. The van der Waals surface area contributed by atoms with E-state index < -0.39 is 0 Å². The monoisotopic (exact) mass is 422 g/mol. The number of methoxy groups -OCH3 is 1. The van der Waals surface area contributed by atoms with E-state index in [4.69, 9.17) is 9.84 Å². The summed E-state index contributed by atoms with van der Waals surface area (Å²) >= 11 is 0. The van der Waals surface area contributed by atoms with E-state index in [2.05, 4.69) is 24.3 Å². The first kappa shape index (κ1) is 21.3.